The Morgan fingerprint density at radius 3 is 2.70 bits per heavy atom. The molecule has 0 heterocycles. The van der Waals surface area contributed by atoms with Crippen LogP contribution in [0.3, 0.4) is 0 Å². The van der Waals surface area contributed by atoms with E-state index >= 15 is 0 Å². The maximum atomic E-state index is 13.1. The Kier molecular flexibility index (Phi) is 5.80. The molecule has 0 saturated heterocycles. The Labute approximate surface area is 126 Å². The zero-order valence-electron chi connectivity index (χ0n) is 12.0. The lowest BCUT2D eigenvalue weighted by Gasteiger charge is -2.22. The Balaban J connectivity index is 2.45. The van der Waals surface area contributed by atoms with Gasteiger partial charge in [0.2, 0.25) is 0 Å². The second-order valence-corrected chi connectivity index (χ2v) is 6.29. The van der Waals surface area contributed by atoms with E-state index in [0.29, 0.717) is 10.2 Å². The molecule has 0 aliphatic rings. The van der Waals surface area contributed by atoms with Gasteiger partial charge in [-0.05, 0) is 55.8 Å². The first-order chi connectivity index (χ1) is 9.17. The third-order valence-electron chi connectivity index (χ3n) is 2.15. The highest BCUT2D eigenvalue weighted by atomic mass is 79.9. The van der Waals surface area contributed by atoms with Gasteiger partial charge >= 0.3 is 6.09 Å². The topological polar surface area (TPSA) is 47.6 Å². The van der Waals surface area contributed by atoms with E-state index in [-0.39, 0.29) is 18.5 Å². The van der Waals surface area contributed by atoms with E-state index in [1.165, 1.54) is 12.1 Å². The molecule has 6 heteroatoms. The Morgan fingerprint density at radius 2 is 2.10 bits per heavy atom. The summed E-state index contributed by atoms with van der Waals surface area (Å²) in [5, 5.41) is 2.65. The van der Waals surface area contributed by atoms with Crippen LogP contribution in [0.5, 0.6) is 5.75 Å². The van der Waals surface area contributed by atoms with Gasteiger partial charge in [0.05, 0.1) is 10.5 Å². The summed E-state index contributed by atoms with van der Waals surface area (Å²) in [5.41, 5.74) is -0.545. The minimum absolute atomic E-state index is 0.210. The average molecular weight is 348 g/mol. The number of benzene rings is 1. The third kappa shape index (κ3) is 6.23. The first-order valence-corrected chi connectivity index (χ1v) is 7.04. The smallest absolute Gasteiger partial charge is 0.407 e. The molecule has 0 radical (unpaired) electrons. The van der Waals surface area contributed by atoms with Crippen LogP contribution < -0.4 is 10.1 Å². The van der Waals surface area contributed by atoms with Gasteiger partial charge in [-0.15, -0.1) is 0 Å². The van der Waals surface area contributed by atoms with Gasteiger partial charge < -0.3 is 14.8 Å². The van der Waals surface area contributed by atoms with Crippen LogP contribution in [-0.4, -0.2) is 24.3 Å². The second-order valence-electron chi connectivity index (χ2n) is 5.43. The van der Waals surface area contributed by atoms with Gasteiger partial charge in [-0.3, -0.25) is 0 Å². The van der Waals surface area contributed by atoms with Crippen molar-refractivity contribution in [1.82, 2.24) is 5.32 Å². The minimum Gasteiger partial charge on any atom is -0.490 e. The number of hydrogen-bond acceptors (Lipinski definition) is 3. The Bertz CT molecular complexity index is 474. The number of ether oxygens (including phenoxy) is 2. The van der Waals surface area contributed by atoms with Crippen molar-refractivity contribution in [3.8, 4) is 5.75 Å². The predicted octanol–water partition coefficient (Wildman–Crippen LogP) is 3.88. The molecule has 0 aliphatic carbocycles. The van der Waals surface area contributed by atoms with E-state index in [0.717, 1.165) is 0 Å². The van der Waals surface area contributed by atoms with Crippen LogP contribution in [0, 0.1) is 5.82 Å². The van der Waals surface area contributed by atoms with E-state index in [1.807, 2.05) is 0 Å². The van der Waals surface area contributed by atoms with Gasteiger partial charge in [0.1, 0.15) is 23.8 Å². The molecule has 0 spiro atoms. The van der Waals surface area contributed by atoms with E-state index in [2.05, 4.69) is 21.2 Å². The molecule has 1 amide bonds. The molecule has 0 bridgehead atoms. The van der Waals surface area contributed by atoms with E-state index in [1.54, 1.807) is 33.8 Å². The molecule has 0 aromatic heterocycles. The summed E-state index contributed by atoms with van der Waals surface area (Å²) in [6.07, 6.45) is -0.507. The maximum Gasteiger partial charge on any atom is 0.407 e. The molecule has 4 nitrogen and oxygen atoms in total. The number of carbonyl (C=O) groups is 1. The standard InChI is InChI=1S/C14H19BrFNO3/c1-9(17-13(18)20-14(2,3)4)8-19-12-7-10(16)5-6-11(12)15/h5-7,9H,8H2,1-4H3,(H,17,18)/t9-/m0/s1. The number of amides is 1. The minimum atomic E-state index is -0.545. The van der Waals surface area contributed by atoms with Gasteiger partial charge in [-0.25, -0.2) is 9.18 Å². The number of rotatable bonds is 4. The van der Waals surface area contributed by atoms with Gasteiger partial charge in [0.15, 0.2) is 0 Å². The van der Waals surface area contributed by atoms with Crippen LogP contribution in [0.15, 0.2) is 22.7 Å². The Hall–Kier alpha value is -1.30. The van der Waals surface area contributed by atoms with E-state index < -0.39 is 11.7 Å². The normalized spacial score (nSPS) is 12.7. The van der Waals surface area contributed by atoms with Gasteiger partial charge in [-0.2, -0.15) is 0 Å². The van der Waals surface area contributed by atoms with E-state index in [4.69, 9.17) is 9.47 Å². The summed E-state index contributed by atoms with van der Waals surface area (Å²) >= 11 is 3.27. The van der Waals surface area contributed by atoms with Crippen molar-refractivity contribution in [2.75, 3.05) is 6.61 Å². The number of hydrogen-bond donors (Lipinski definition) is 1. The van der Waals surface area contributed by atoms with Crippen LogP contribution in [0.2, 0.25) is 0 Å². The van der Waals surface area contributed by atoms with Crippen LogP contribution >= 0.6 is 15.9 Å². The highest BCUT2D eigenvalue weighted by molar-refractivity contribution is 9.10. The SMILES string of the molecule is C[C@@H](COc1cc(F)ccc1Br)NC(=O)OC(C)(C)C. The van der Waals surface area contributed by atoms with E-state index in [9.17, 15) is 9.18 Å². The molecule has 20 heavy (non-hydrogen) atoms. The van der Waals surface area contributed by atoms with Crippen molar-refractivity contribution in [1.29, 1.82) is 0 Å². The zero-order chi connectivity index (χ0) is 15.3. The van der Waals surface area contributed by atoms with Crippen LogP contribution in [0.4, 0.5) is 9.18 Å². The van der Waals surface area contributed by atoms with Crippen molar-refractivity contribution in [3.05, 3.63) is 28.5 Å². The maximum absolute atomic E-state index is 13.1. The molecule has 0 fully saturated rings. The molecule has 0 unspecified atom stereocenters. The fourth-order valence-electron chi connectivity index (χ4n) is 1.35. The first-order valence-electron chi connectivity index (χ1n) is 6.25. The molecule has 1 rings (SSSR count). The molecule has 1 aromatic rings. The van der Waals surface area contributed by atoms with Crippen molar-refractivity contribution in [2.45, 2.75) is 39.3 Å². The lowest BCUT2D eigenvalue weighted by molar-refractivity contribution is 0.0493. The zero-order valence-corrected chi connectivity index (χ0v) is 13.6. The predicted molar refractivity (Wildman–Crippen MR) is 78.4 cm³/mol. The highest BCUT2D eigenvalue weighted by Crippen LogP contribution is 2.25. The number of alkyl carbamates (subject to hydrolysis) is 1. The third-order valence-corrected chi connectivity index (χ3v) is 2.80. The fraction of sp³-hybridized carbons (Fsp3) is 0.500. The summed E-state index contributed by atoms with van der Waals surface area (Å²) in [7, 11) is 0. The lowest BCUT2D eigenvalue weighted by Crippen LogP contribution is -2.40. The number of halogens is 2. The largest absolute Gasteiger partial charge is 0.490 e. The average Bonchev–Trinajstić information content (AvgIpc) is 2.27. The van der Waals surface area contributed by atoms with Crippen LogP contribution in [-0.2, 0) is 4.74 Å². The van der Waals surface area contributed by atoms with Crippen LogP contribution in [0.25, 0.3) is 0 Å². The summed E-state index contributed by atoms with van der Waals surface area (Å²) in [6, 6.07) is 3.92. The molecule has 0 aliphatic heterocycles. The van der Waals surface area contributed by atoms with Crippen molar-refractivity contribution >= 4 is 22.0 Å². The molecular weight excluding hydrogens is 329 g/mol. The lowest BCUT2D eigenvalue weighted by atomic mass is 10.2. The highest BCUT2D eigenvalue weighted by Gasteiger charge is 2.18. The quantitative estimate of drug-likeness (QED) is 0.898. The van der Waals surface area contributed by atoms with Crippen molar-refractivity contribution < 1.29 is 18.7 Å². The Morgan fingerprint density at radius 1 is 1.45 bits per heavy atom. The molecule has 0 saturated carbocycles. The molecule has 112 valence electrons. The molecule has 1 atom stereocenters. The first kappa shape index (κ1) is 16.8. The van der Waals surface area contributed by atoms with Gasteiger partial charge in [0.25, 0.3) is 0 Å². The summed E-state index contributed by atoms with van der Waals surface area (Å²) in [5.74, 6) is 0.0128. The summed E-state index contributed by atoms with van der Waals surface area (Å²) in [4.78, 5) is 11.5. The van der Waals surface area contributed by atoms with Crippen molar-refractivity contribution in [2.24, 2.45) is 0 Å². The van der Waals surface area contributed by atoms with Crippen LogP contribution in [0.1, 0.15) is 27.7 Å². The van der Waals surface area contributed by atoms with Gasteiger partial charge in [0, 0.05) is 6.07 Å². The molecular formula is C14H19BrFNO3. The van der Waals surface area contributed by atoms with Gasteiger partial charge in [-0.1, -0.05) is 0 Å². The summed E-state index contributed by atoms with van der Waals surface area (Å²) < 4.78 is 24.3. The molecule has 1 aromatic carbocycles. The number of carbonyl (C=O) groups excluding carboxylic acids is 1. The number of nitrogens with one attached hydrogen (secondary N) is 1. The summed E-state index contributed by atoms with van der Waals surface area (Å²) in [6.45, 7) is 7.35. The second kappa shape index (κ2) is 6.92. The monoisotopic (exact) mass is 347 g/mol. The van der Waals surface area contributed by atoms with Crippen molar-refractivity contribution in [3.63, 3.8) is 0 Å². The fourth-order valence-corrected chi connectivity index (χ4v) is 1.71. The molecule has 1 N–H and O–H groups in total.